The molecule has 0 saturated heterocycles. The van der Waals surface area contributed by atoms with Crippen LogP contribution in [0.1, 0.15) is 15.4 Å². The molecule has 0 fully saturated rings. The van der Waals surface area contributed by atoms with E-state index in [0.717, 1.165) is 5.01 Å². The molecule has 0 aliphatic carbocycles. The molecule has 0 N–H and O–H groups in total. The topological polar surface area (TPSA) is 69.2 Å². The third-order valence-electron chi connectivity index (χ3n) is 2.36. The molecule has 0 radical (unpaired) electrons. The highest BCUT2D eigenvalue weighted by Gasteiger charge is 2.16. The Kier molecular flexibility index (Phi) is 4.39. The summed E-state index contributed by atoms with van der Waals surface area (Å²) in [6.45, 7) is 1.78. The lowest BCUT2D eigenvalue weighted by Crippen LogP contribution is -2.11. The van der Waals surface area contributed by atoms with Gasteiger partial charge in [0.25, 0.3) is 0 Å². The normalized spacial score (nSPS) is 12.1. The maximum Gasteiger partial charge on any atom is 0.205 e. The molecular formula is C12H12N2O3S2. The number of Topliss-reactive ketones (excluding diaryl/α,β-unsaturated/α-hetero) is 1. The monoisotopic (exact) mass is 296 g/mol. The average molecular weight is 296 g/mol. The van der Waals surface area contributed by atoms with Gasteiger partial charge in [0, 0.05) is 5.56 Å². The highest BCUT2D eigenvalue weighted by Crippen LogP contribution is 2.16. The summed E-state index contributed by atoms with van der Waals surface area (Å²) >= 11 is 1.24. The van der Waals surface area contributed by atoms with Gasteiger partial charge in [-0.2, -0.15) is 0 Å². The van der Waals surface area contributed by atoms with Crippen molar-refractivity contribution < 1.29 is 13.7 Å². The number of aryl methyl sites for hydroxylation is 1. The highest BCUT2D eigenvalue weighted by atomic mass is 32.2. The molecule has 2 rings (SSSR count). The van der Waals surface area contributed by atoms with Gasteiger partial charge >= 0.3 is 0 Å². The Morgan fingerprint density at radius 2 is 2.21 bits per heavy atom. The molecule has 1 aromatic heterocycles. The van der Waals surface area contributed by atoms with Gasteiger partial charge in [0.2, 0.25) is 4.34 Å². The zero-order valence-corrected chi connectivity index (χ0v) is 12.1. The van der Waals surface area contributed by atoms with Crippen molar-refractivity contribution >= 4 is 27.9 Å². The summed E-state index contributed by atoms with van der Waals surface area (Å²) < 4.78 is 17.4. The second kappa shape index (κ2) is 6.03. The fourth-order valence-electron chi connectivity index (χ4n) is 1.43. The van der Waals surface area contributed by atoms with Crippen molar-refractivity contribution in [1.29, 1.82) is 0 Å². The Balaban J connectivity index is 2.10. The van der Waals surface area contributed by atoms with Gasteiger partial charge in [-0.15, -0.1) is 10.2 Å². The summed E-state index contributed by atoms with van der Waals surface area (Å²) in [7, 11) is 0.0863. The number of hydrogen-bond acceptors (Lipinski definition) is 6. The zero-order chi connectivity index (χ0) is 13.8. The lowest BCUT2D eigenvalue weighted by molar-refractivity contribution is 0.102. The molecule has 0 bridgehead atoms. The second-order valence-electron chi connectivity index (χ2n) is 3.73. The zero-order valence-electron chi connectivity index (χ0n) is 10.5. The Morgan fingerprint density at radius 1 is 1.42 bits per heavy atom. The molecule has 0 aliphatic heterocycles. The number of carbonyl (C=O) groups excluding carboxylic acids is 1. The quantitative estimate of drug-likeness (QED) is 0.788. The van der Waals surface area contributed by atoms with E-state index in [2.05, 4.69) is 10.2 Å². The molecule has 1 unspecified atom stereocenters. The summed E-state index contributed by atoms with van der Waals surface area (Å²) in [4.78, 5) is 12.0. The first kappa shape index (κ1) is 13.8. The molecule has 1 aromatic carbocycles. The molecule has 5 nitrogen and oxygen atoms in total. The minimum atomic E-state index is -1.45. The third kappa shape index (κ3) is 3.45. The predicted octanol–water partition coefficient (Wildman–Crippen LogP) is 1.85. The first-order valence-corrected chi connectivity index (χ1v) is 7.59. The van der Waals surface area contributed by atoms with Crippen LogP contribution in [-0.4, -0.2) is 33.1 Å². The molecule has 0 amide bonds. The lowest BCUT2D eigenvalue weighted by Gasteiger charge is -2.02. The average Bonchev–Trinajstić information content (AvgIpc) is 2.85. The van der Waals surface area contributed by atoms with Gasteiger partial charge in [-0.3, -0.25) is 9.00 Å². The molecular weight excluding hydrogens is 284 g/mol. The van der Waals surface area contributed by atoms with Crippen molar-refractivity contribution in [2.75, 3.05) is 12.9 Å². The second-order valence-corrected chi connectivity index (χ2v) is 6.54. The van der Waals surface area contributed by atoms with E-state index in [4.69, 9.17) is 4.74 Å². The van der Waals surface area contributed by atoms with Crippen molar-refractivity contribution in [3.8, 4) is 5.75 Å². The summed E-state index contributed by atoms with van der Waals surface area (Å²) in [5.41, 5.74) is 0.480. The van der Waals surface area contributed by atoms with Crippen LogP contribution in [0.15, 0.2) is 28.6 Å². The lowest BCUT2D eigenvalue weighted by atomic mass is 10.1. The summed E-state index contributed by atoms with van der Waals surface area (Å²) in [5, 5.41) is 8.31. The van der Waals surface area contributed by atoms with E-state index in [1.165, 1.54) is 18.4 Å². The molecule has 100 valence electrons. The Labute approximate surface area is 117 Å². The van der Waals surface area contributed by atoms with Crippen LogP contribution in [0, 0.1) is 6.92 Å². The molecule has 0 aliphatic rings. The van der Waals surface area contributed by atoms with Crippen molar-refractivity contribution in [1.82, 2.24) is 10.2 Å². The van der Waals surface area contributed by atoms with Crippen molar-refractivity contribution in [3.63, 3.8) is 0 Å². The minimum Gasteiger partial charge on any atom is -0.497 e. The van der Waals surface area contributed by atoms with Crippen LogP contribution in [0.5, 0.6) is 5.75 Å². The first-order valence-electron chi connectivity index (χ1n) is 5.46. The van der Waals surface area contributed by atoms with Gasteiger partial charge in [0.05, 0.1) is 23.7 Å². The number of methoxy groups -OCH3 is 1. The predicted molar refractivity (Wildman–Crippen MR) is 73.2 cm³/mol. The van der Waals surface area contributed by atoms with Gasteiger partial charge in [0.1, 0.15) is 10.8 Å². The maximum atomic E-state index is 12.0. The van der Waals surface area contributed by atoms with E-state index in [1.807, 2.05) is 0 Å². The SMILES string of the molecule is COc1cccc(C(=O)CS(=O)c2nnc(C)s2)c1. The minimum absolute atomic E-state index is 0.0954. The van der Waals surface area contributed by atoms with Crippen LogP contribution in [0.4, 0.5) is 0 Å². The van der Waals surface area contributed by atoms with Crippen LogP contribution < -0.4 is 4.74 Å². The number of nitrogens with zero attached hydrogens (tertiary/aromatic N) is 2. The van der Waals surface area contributed by atoms with Gasteiger partial charge < -0.3 is 4.74 Å². The van der Waals surface area contributed by atoms with E-state index in [-0.39, 0.29) is 11.5 Å². The van der Waals surface area contributed by atoms with Crippen molar-refractivity contribution in [2.45, 2.75) is 11.3 Å². The summed E-state index contributed by atoms with van der Waals surface area (Å²) in [5.74, 6) is 0.301. The van der Waals surface area contributed by atoms with E-state index in [1.54, 1.807) is 31.2 Å². The highest BCUT2D eigenvalue weighted by molar-refractivity contribution is 7.87. The molecule has 2 aromatic rings. The van der Waals surface area contributed by atoms with Gasteiger partial charge in [0.15, 0.2) is 5.78 Å². The number of ether oxygens (including phenoxy) is 1. The van der Waals surface area contributed by atoms with Crippen LogP contribution in [0.25, 0.3) is 0 Å². The number of carbonyl (C=O) groups is 1. The van der Waals surface area contributed by atoms with Gasteiger partial charge in [-0.05, 0) is 19.1 Å². The fourth-order valence-corrected chi connectivity index (χ4v) is 3.42. The Morgan fingerprint density at radius 3 is 2.84 bits per heavy atom. The Bertz CT molecular complexity index is 625. The summed E-state index contributed by atoms with van der Waals surface area (Å²) in [6.07, 6.45) is 0. The third-order valence-corrected chi connectivity index (χ3v) is 4.79. The number of ketones is 1. The molecule has 0 saturated carbocycles. The van der Waals surface area contributed by atoms with E-state index in [0.29, 0.717) is 15.7 Å². The van der Waals surface area contributed by atoms with E-state index in [9.17, 15) is 9.00 Å². The fraction of sp³-hybridized carbons (Fsp3) is 0.250. The van der Waals surface area contributed by atoms with Gasteiger partial charge in [-0.1, -0.05) is 23.5 Å². The molecule has 7 heteroatoms. The number of rotatable bonds is 5. The largest absolute Gasteiger partial charge is 0.497 e. The van der Waals surface area contributed by atoms with Crippen LogP contribution >= 0.6 is 11.3 Å². The van der Waals surface area contributed by atoms with Gasteiger partial charge in [-0.25, -0.2) is 0 Å². The number of benzene rings is 1. The van der Waals surface area contributed by atoms with Crippen LogP contribution in [0.3, 0.4) is 0 Å². The molecule has 19 heavy (non-hydrogen) atoms. The van der Waals surface area contributed by atoms with Crippen molar-refractivity contribution in [3.05, 3.63) is 34.8 Å². The molecule has 0 spiro atoms. The number of aromatic nitrogens is 2. The first-order chi connectivity index (χ1) is 9.10. The van der Waals surface area contributed by atoms with E-state index >= 15 is 0 Å². The number of hydrogen-bond donors (Lipinski definition) is 0. The van der Waals surface area contributed by atoms with Crippen LogP contribution in [0.2, 0.25) is 0 Å². The van der Waals surface area contributed by atoms with Crippen molar-refractivity contribution in [2.24, 2.45) is 0 Å². The standard InChI is InChI=1S/C12H12N2O3S2/c1-8-13-14-12(18-8)19(16)7-11(15)9-4-3-5-10(6-9)17-2/h3-6H,7H2,1-2H3. The summed E-state index contributed by atoms with van der Waals surface area (Å²) in [6, 6.07) is 6.78. The molecule has 1 heterocycles. The Hall–Kier alpha value is -1.60. The van der Waals surface area contributed by atoms with Crippen LogP contribution in [-0.2, 0) is 10.8 Å². The maximum absolute atomic E-state index is 12.0. The van der Waals surface area contributed by atoms with E-state index < -0.39 is 10.8 Å². The molecule has 1 atom stereocenters. The smallest absolute Gasteiger partial charge is 0.205 e.